The third kappa shape index (κ3) is 4.38. The first-order valence-corrected chi connectivity index (χ1v) is 11.1. The highest BCUT2D eigenvalue weighted by Crippen LogP contribution is 2.33. The molecule has 1 aromatic heterocycles. The normalized spacial score (nSPS) is 16.7. The van der Waals surface area contributed by atoms with Crippen LogP contribution in [-0.2, 0) is 11.4 Å². The van der Waals surface area contributed by atoms with Gasteiger partial charge in [-0.2, -0.15) is 0 Å². The molecule has 3 aromatic rings. The van der Waals surface area contributed by atoms with Gasteiger partial charge in [-0.05, 0) is 47.3 Å². The molecule has 8 heteroatoms. The van der Waals surface area contributed by atoms with Gasteiger partial charge in [-0.3, -0.25) is 4.79 Å². The number of carbonyl (C=O) groups excluding carboxylic acids is 1. The number of carbonyl (C=O) groups is 1. The first-order valence-electron chi connectivity index (χ1n) is 9.85. The van der Waals surface area contributed by atoms with Crippen molar-refractivity contribution in [2.75, 3.05) is 13.3 Å². The fraction of sp³-hybridized carbons (Fsp3) is 0.217. The van der Waals surface area contributed by atoms with E-state index in [-0.39, 0.29) is 18.8 Å². The lowest BCUT2D eigenvalue weighted by Gasteiger charge is -2.24. The van der Waals surface area contributed by atoms with Crippen LogP contribution in [0, 0.1) is 0 Å². The highest BCUT2D eigenvalue weighted by Gasteiger charge is 2.28. The number of nitrogens with zero attached hydrogens (tertiary/aromatic N) is 2. The van der Waals surface area contributed by atoms with Crippen molar-refractivity contribution in [2.24, 2.45) is 5.16 Å². The summed E-state index contributed by atoms with van der Waals surface area (Å²) in [5, 5.41) is 6.82. The van der Waals surface area contributed by atoms with Gasteiger partial charge in [0, 0.05) is 23.6 Å². The second-order valence-electron chi connectivity index (χ2n) is 7.33. The first kappa shape index (κ1) is 19.9. The molecule has 1 unspecified atom stereocenters. The lowest BCUT2D eigenvalue weighted by molar-refractivity contribution is 0.0408. The summed E-state index contributed by atoms with van der Waals surface area (Å²) in [6.45, 7) is 1.09. The number of thiophene rings is 1. The quantitative estimate of drug-likeness (QED) is 0.528. The molecule has 5 rings (SSSR count). The van der Waals surface area contributed by atoms with E-state index >= 15 is 0 Å². The predicted octanol–water partition coefficient (Wildman–Crippen LogP) is 4.97. The van der Waals surface area contributed by atoms with Crippen LogP contribution >= 0.6 is 22.9 Å². The predicted molar refractivity (Wildman–Crippen MR) is 119 cm³/mol. The van der Waals surface area contributed by atoms with E-state index in [1.165, 1.54) is 11.3 Å². The number of amides is 1. The van der Waals surface area contributed by atoms with Crippen molar-refractivity contribution in [1.29, 1.82) is 0 Å². The van der Waals surface area contributed by atoms with Gasteiger partial charge in [0.25, 0.3) is 5.91 Å². The van der Waals surface area contributed by atoms with Crippen LogP contribution in [0.1, 0.15) is 27.2 Å². The molecule has 2 aliphatic heterocycles. The molecule has 158 valence electrons. The molecule has 2 aliphatic rings. The topological polar surface area (TPSA) is 60.4 Å². The molecule has 0 saturated heterocycles. The van der Waals surface area contributed by atoms with Gasteiger partial charge in [0.1, 0.15) is 0 Å². The second-order valence-corrected chi connectivity index (χ2v) is 8.71. The van der Waals surface area contributed by atoms with Gasteiger partial charge in [-0.1, -0.05) is 35.0 Å². The summed E-state index contributed by atoms with van der Waals surface area (Å²) in [5.41, 5.74) is 2.72. The summed E-state index contributed by atoms with van der Waals surface area (Å²) >= 11 is 7.57. The number of ether oxygens (including phenoxy) is 2. The lowest BCUT2D eigenvalue weighted by Crippen LogP contribution is -2.37. The minimum atomic E-state index is -0.233. The maximum atomic E-state index is 13.1. The molecule has 0 saturated carbocycles. The van der Waals surface area contributed by atoms with Crippen molar-refractivity contribution >= 4 is 34.6 Å². The van der Waals surface area contributed by atoms with Crippen LogP contribution in [0.5, 0.6) is 11.5 Å². The molecule has 1 amide bonds. The fourth-order valence-corrected chi connectivity index (χ4v) is 4.55. The maximum Gasteiger partial charge on any atom is 0.264 e. The molecule has 3 heterocycles. The zero-order valence-electron chi connectivity index (χ0n) is 16.5. The summed E-state index contributed by atoms with van der Waals surface area (Å²) < 4.78 is 10.8. The molecule has 0 aliphatic carbocycles. The summed E-state index contributed by atoms with van der Waals surface area (Å²) in [6.07, 6.45) is 0.368. The Hall–Kier alpha value is -3.03. The van der Waals surface area contributed by atoms with E-state index in [0.29, 0.717) is 35.2 Å². The fourth-order valence-electron chi connectivity index (χ4n) is 3.65. The molecule has 0 radical (unpaired) electrons. The summed E-state index contributed by atoms with van der Waals surface area (Å²) in [4.78, 5) is 21.3. The molecule has 31 heavy (non-hydrogen) atoms. The highest BCUT2D eigenvalue weighted by atomic mass is 35.5. The Balaban J connectivity index is 1.31. The van der Waals surface area contributed by atoms with E-state index in [0.717, 1.165) is 22.6 Å². The average molecular weight is 455 g/mol. The van der Waals surface area contributed by atoms with Gasteiger partial charge in [0.15, 0.2) is 17.6 Å². The third-order valence-corrected chi connectivity index (χ3v) is 6.24. The molecular formula is C23H19ClN2O4S. The van der Waals surface area contributed by atoms with Crippen molar-refractivity contribution in [3.8, 4) is 11.5 Å². The number of hydrogen-bond donors (Lipinski definition) is 0. The monoisotopic (exact) mass is 454 g/mol. The third-order valence-electron chi connectivity index (χ3n) is 5.14. The van der Waals surface area contributed by atoms with Crippen LogP contribution in [0.4, 0.5) is 0 Å². The largest absolute Gasteiger partial charge is 0.454 e. The van der Waals surface area contributed by atoms with E-state index in [1.807, 2.05) is 60.0 Å². The van der Waals surface area contributed by atoms with Gasteiger partial charge >= 0.3 is 0 Å². The van der Waals surface area contributed by atoms with Crippen LogP contribution in [0.15, 0.2) is 65.1 Å². The van der Waals surface area contributed by atoms with Crippen molar-refractivity contribution in [3.05, 3.63) is 81.0 Å². The number of hydrogen-bond acceptors (Lipinski definition) is 6. The van der Waals surface area contributed by atoms with Crippen LogP contribution in [-0.4, -0.2) is 36.0 Å². The summed E-state index contributed by atoms with van der Waals surface area (Å²) in [7, 11) is 0. The minimum absolute atomic E-state index is 0.0323. The lowest BCUT2D eigenvalue weighted by atomic mass is 10.0. The number of benzene rings is 2. The molecule has 1 atom stereocenters. The Labute approximate surface area is 188 Å². The van der Waals surface area contributed by atoms with Gasteiger partial charge in [-0.25, -0.2) is 0 Å². The Kier molecular flexibility index (Phi) is 5.53. The number of oxime groups is 1. The van der Waals surface area contributed by atoms with E-state index in [2.05, 4.69) is 5.16 Å². The van der Waals surface area contributed by atoms with E-state index in [1.54, 1.807) is 4.90 Å². The molecule has 0 bridgehead atoms. The first-order chi connectivity index (χ1) is 15.2. The summed E-state index contributed by atoms with van der Waals surface area (Å²) in [6, 6.07) is 17.0. The minimum Gasteiger partial charge on any atom is -0.454 e. The van der Waals surface area contributed by atoms with Crippen molar-refractivity contribution in [1.82, 2.24) is 4.90 Å². The van der Waals surface area contributed by atoms with Crippen molar-refractivity contribution < 1.29 is 19.1 Å². The van der Waals surface area contributed by atoms with E-state index in [9.17, 15) is 4.79 Å². The molecule has 0 spiro atoms. The second kappa shape index (κ2) is 8.61. The van der Waals surface area contributed by atoms with Crippen LogP contribution in [0.3, 0.4) is 0 Å². The maximum absolute atomic E-state index is 13.1. The Morgan fingerprint density at radius 1 is 1.13 bits per heavy atom. The van der Waals surface area contributed by atoms with Crippen LogP contribution in [0.25, 0.3) is 0 Å². The van der Waals surface area contributed by atoms with Crippen LogP contribution < -0.4 is 9.47 Å². The highest BCUT2D eigenvalue weighted by molar-refractivity contribution is 7.12. The SMILES string of the molecule is O=C(c1cccs1)N(Cc1cccc(Cl)c1)CC1CC(c2ccc3c(c2)OCO3)=NO1. The van der Waals surface area contributed by atoms with Gasteiger partial charge in [0.05, 0.1) is 17.1 Å². The number of halogens is 1. The van der Waals surface area contributed by atoms with Crippen molar-refractivity contribution in [2.45, 2.75) is 19.1 Å². The zero-order chi connectivity index (χ0) is 21.2. The Morgan fingerprint density at radius 2 is 2.03 bits per heavy atom. The van der Waals surface area contributed by atoms with E-state index < -0.39 is 0 Å². The molecular weight excluding hydrogens is 436 g/mol. The van der Waals surface area contributed by atoms with E-state index in [4.69, 9.17) is 25.9 Å². The summed E-state index contributed by atoms with van der Waals surface area (Å²) in [5.74, 6) is 1.41. The molecule has 0 fully saturated rings. The zero-order valence-corrected chi connectivity index (χ0v) is 18.1. The Bertz CT molecular complexity index is 1130. The van der Waals surface area contributed by atoms with Gasteiger partial charge in [0.2, 0.25) is 6.79 Å². The van der Waals surface area contributed by atoms with Crippen molar-refractivity contribution in [3.63, 3.8) is 0 Å². The number of rotatable bonds is 6. The van der Waals surface area contributed by atoms with Crippen LogP contribution in [0.2, 0.25) is 5.02 Å². The van der Waals surface area contributed by atoms with Gasteiger partial charge < -0.3 is 19.2 Å². The molecule has 2 aromatic carbocycles. The number of fused-ring (bicyclic) bond motifs is 1. The smallest absolute Gasteiger partial charge is 0.264 e. The Morgan fingerprint density at radius 3 is 2.87 bits per heavy atom. The molecule has 6 nitrogen and oxygen atoms in total. The van der Waals surface area contributed by atoms with Gasteiger partial charge in [-0.15, -0.1) is 11.3 Å². The molecule has 0 N–H and O–H groups in total. The average Bonchev–Trinajstić information content (AvgIpc) is 3.53. The standard InChI is InChI=1S/C23H19ClN2O4S/c24-17-4-1-3-15(9-17)12-26(23(27)22-5-2-8-31-22)13-18-11-19(25-30-18)16-6-7-20-21(10-16)29-14-28-20/h1-10,18H,11-14H2.